The van der Waals surface area contributed by atoms with E-state index in [0.29, 0.717) is 5.56 Å². The molecule has 2 N–H and O–H groups in total. The van der Waals surface area contributed by atoms with Gasteiger partial charge >= 0.3 is 0 Å². The first-order valence-electron chi connectivity index (χ1n) is 6.93. The first-order valence-corrected chi connectivity index (χ1v) is 8.58. The second kappa shape index (κ2) is 7.16. The number of halogens is 2. The topological polar surface area (TPSA) is 66.4 Å². The van der Waals surface area contributed by atoms with E-state index in [2.05, 4.69) is 4.72 Å². The zero-order chi connectivity index (χ0) is 17.0. The Morgan fingerprint density at radius 1 is 1.13 bits per heavy atom. The second-order valence-corrected chi connectivity index (χ2v) is 7.04. The molecule has 0 aliphatic carbocycles. The lowest BCUT2D eigenvalue weighted by Crippen LogP contribution is -2.30. The van der Waals surface area contributed by atoms with Crippen LogP contribution in [0.2, 0.25) is 0 Å². The molecule has 0 amide bonds. The van der Waals surface area contributed by atoms with Gasteiger partial charge < -0.3 is 5.11 Å². The lowest BCUT2D eigenvalue weighted by atomic mass is 10.1. The SMILES string of the molecule is Cc1cccc([C@@H](O)CNS(=O)(=O)Cc2c(F)cccc2F)c1. The molecule has 0 aliphatic heterocycles. The molecular formula is C16H17F2NO3S. The third-order valence-corrected chi connectivity index (χ3v) is 4.59. The van der Waals surface area contributed by atoms with E-state index in [1.807, 2.05) is 13.0 Å². The number of aliphatic hydroxyl groups is 1. The highest BCUT2D eigenvalue weighted by molar-refractivity contribution is 7.88. The van der Waals surface area contributed by atoms with Crippen molar-refractivity contribution < 1.29 is 22.3 Å². The Bertz CT molecular complexity index is 773. The summed E-state index contributed by atoms with van der Waals surface area (Å²) in [5.41, 5.74) is 0.965. The Morgan fingerprint density at radius 3 is 2.35 bits per heavy atom. The normalized spacial score (nSPS) is 13.0. The Labute approximate surface area is 133 Å². The summed E-state index contributed by atoms with van der Waals surface area (Å²) in [5.74, 6) is -2.67. The van der Waals surface area contributed by atoms with Gasteiger partial charge in [0.2, 0.25) is 10.0 Å². The van der Waals surface area contributed by atoms with Crippen LogP contribution in [0.25, 0.3) is 0 Å². The van der Waals surface area contributed by atoms with Crippen molar-refractivity contribution in [1.82, 2.24) is 4.72 Å². The van der Waals surface area contributed by atoms with Gasteiger partial charge in [-0.2, -0.15) is 0 Å². The van der Waals surface area contributed by atoms with Crippen LogP contribution in [-0.4, -0.2) is 20.1 Å². The van der Waals surface area contributed by atoms with Crippen LogP contribution in [0.3, 0.4) is 0 Å². The van der Waals surface area contributed by atoms with Crippen LogP contribution in [0.15, 0.2) is 42.5 Å². The van der Waals surface area contributed by atoms with E-state index in [4.69, 9.17) is 0 Å². The summed E-state index contributed by atoms with van der Waals surface area (Å²) >= 11 is 0. The molecular weight excluding hydrogens is 324 g/mol. The average Bonchev–Trinajstić information content (AvgIpc) is 2.49. The first-order chi connectivity index (χ1) is 10.8. The molecule has 124 valence electrons. The van der Waals surface area contributed by atoms with Crippen LogP contribution in [0, 0.1) is 18.6 Å². The van der Waals surface area contributed by atoms with Crippen molar-refractivity contribution in [3.8, 4) is 0 Å². The lowest BCUT2D eigenvalue weighted by Gasteiger charge is -2.13. The maximum atomic E-state index is 13.5. The van der Waals surface area contributed by atoms with E-state index in [1.165, 1.54) is 0 Å². The highest BCUT2D eigenvalue weighted by Gasteiger charge is 2.19. The molecule has 2 aromatic carbocycles. The zero-order valence-electron chi connectivity index (χ0n) is 12.5. The molecule has 4 nitrogen and oxygen atoms in total. The maximum Gasteiger partial charge on any atom is 0.216 e. The van der Waals surface area contributed by atoms with Gasteiger partial charge in [0.1, 0.15) is 11.6 Å². The summed E-state index contributed by atoms with van der Waals surface area (Å²) in [5, 5.41) is 10.0. The predicted octanol–water partition coefficient (Wildman–Crippen LogP) is 2.43. The summed E-state index contributed by atoms with van der Waals surface area (Å²) in [6.45, 7) is 1.57. The lowest BCUT2D eigenvalue weighted by molar-refractivity contribution is 0.182. The standard InChI is InChI=1S/C16H17F2NO3S/c1-11-4-2-5-12(8-11)16(20)9-19-23(21,22)10-13-14(17)6-3-7-15(13)18/h2-8,16,19-20H,9-10H2,1H3/t16-/m0/s1. The molecule has 0 aromatic heterocycles. The summed E-state index contributed by atoms with van der Waals surface area (Å²) in [6, 6.07) is 10.2. The first kappa shape index (κ1) is 17.5. The molecule has 0 spiro atoms. The van der Waals surface area contributed by atoms with Crippen molar-refractivity contribution in [1.29, 1.82) is 0 Å². The summed E-state index contributed by atoms with van der Waals surface area (Å²) in [4.78, 5) is 0. The van der Waals surface area contributed by atoms with Crippen LogP contribution < -0.4 is 4.72 Å². The Kier molecular flexibility index (Phi) is 5.46. The van der Waals surface area contributed by atoms with Crippen molar-refractivity contribution in [2.75, 3.05) is 6.54 Å². The van der Waals surface area contributed by atoms with Gasteiger partial charge in [0.15, 0.2) is 0 Å². The van der Waals surface area contributed by atoms with E-state index >= 15 is 0 Å². The van der Waals surface area contributed by atoms with Crippen LogP contribution in [-0.2, 0) is 15.8 Å². The van der Waals surface area contributed by atoms with Gasteiger partial charge in [-0.3, -0.25) is 0 Å². The third-order valence-electron chi connectivity index (χ3n) is 3.32. The molecule has 23 heavy (non-hydrogen) atoms. The van der Waals surface area contributed by atoms with E-state index < -0.39 is 39.1 Å². The minimum absolute atomic E-state index is 0.276. The fourth-order valence-electron chi connectivity index (χ4n) is 2.11. The number of aryl methyl sites for hydroxylation is 1. The van der Waals surface area contributed by atoms with Gasteiger partial charge in [0.05, 0.1) is 11.9 Å². The zero-order valence-corrected chi connectivity index (χ0v) is 13.3. The van der Waals surface area contributed by atoms with Crippen molar-refractivity contribution in [2.24, 2.45) is 0 Å². The number of nitrogens with one attached hydrogen (secondary N) is 1. The molecule has 1 atom stereocenters. The number of rotatable bonds is 6. The van der Waals surface area contributed by atoms with E-state index in [-0.39, 0.29) is 6.54 Å². The van der Waals surface area contributed by atoms with E-state index in [0.717, 1.165) is 23.8 Å². The van der Waals surface area contributed by atoms with Crippen molar-refractivity contribution in [2.45, 2.75) is 18.8 Å². The van der Waals surface area contributed by atoms with Crippen molar-refractivity contribution >= 4 is 10.0 Å². The fraction of sp³-hybridized carbons (Fsp3) is 0.250. The maximum absolute atomic E-state index is 13.5. The summed E-state index contributed by atoms with van der Waals surface area (Å²) < 4.78 is 53.1. The molecule has 0 heterocycles. The van der Waals surface area contributed by atoms with E-state index in [1.54, 1.807) is 18.2 Å². The molecule has 0 saturated heterocycles. The van der Waals surface area contributed by atoms with Gasteiger partial charge in [-0.1, -0.05) is 35.9 Å². The molecule has 2 rings (SSSR count). The van der Waals surface area contributed by atoms with Gasteiger partial charge in [0, 0.05) is 12.1 Å². The molecule has 2 aromatic rings. The Morgan fingerprint density at radius 2 is 1.74 bits per heavy atom. The molecule has 0 bridgehead atoms. The fourth-order valence-corrected chi connectivity index (χ4v) is 3.28. The number of hydrogen-bond donors (Lipinski definition) is 2. The molecule has 0 fully saturated rings. The number of sulfonamides is 1. The van der Waals surface area contributed by atoms with Crippen molar-refractivity contribution in [3.05, 3.63) is 70.8 Å². The minimum atomic E-state index is -3.98. The number of aliphatic hydroxyl groups excluding tert-OH is 1. The summed E-state index contributed by atoms with van der Waals surface area (Å²) in [7, 11) is -3.98. The van der Waals surface area contributed by atoms with Crippen LogP contribution >= 0.6 is 0 Å². The van der Waals surface area contributed by atoms with Crippen LogP contribution in [0.1, 0.15) is 22.8 Å². The van der Waals surface area contributed by atoms with Crippen molar-refractivity contribution in [3.63, 3.8) is 0 Å². The molecule has 0 saturated carbocycles. The molecule has 7 heteroatoms. The van der Waals surface area contributed by atoms with E-state index in [9.17, 15) is 22.3 Å². The summed E-state index contributed by atoms with van der Waals surface area (Å²) in [6.07, 6.45) is -1.05. The van der Waals surface area contributed by atoms with Crippen LogP contribution in [0.4, 0.5) is 8.78 Å². The third kappa shape index (κ3) is 4.82. The monoisotopic (exact) mass is 341 g/mol. The Balaban J connectivity index is 2.04. The van der Waals surface area contributed by atoms with Gasteiger partial charge in [-0.05, 0) is 24.6 Å². The molecule has 0 radical (unpaired) electrons. The number of hydrogen-bond acceptors (Lipinski definition) is 3. The van der Waals surface area contributed by atoms with Gasteiger partial charge in [-0.25, -0.2) is 21.9 Å². The minimum Gasteiger partial charge on any atom is -0.387 e. The average molecular weight is 341 g/mol. The second-order valence-electron chi connectivity index (χ2n) is 5.24. The van der Waals surface area contributed by atoms with Gasteiger partial charge in [-0.15, -0.1) is 0 Å². The van der Waals surface area contributed by atoms with Gasteiger partial charge in [0.25, 0.3) is 0 Å². The Hall–Kier alpha value is -1.83. The highest BCUT2D eigenvalue weighted by Crippen LogP contribution is 2.16. The van der Waals surface area contributed by atoms with Crippen LogP contribution in [0.5, 0.6) is 0 Å². The smallest absolute Gasteiger partial charge is 0.216 e. The number of benzene rings is 2. The predicted molar refractivity (Wildman–Crippen MR) is 83.1 cm³/mol. The molecule has 0 unspecified atom stereocenters. The quantitative estimate of drug-likeness (QED) is 0.848. The largest absolute Gasteiger partial charge is 0.387 e. The molecule has 0 aliphatic rings. The highest BCUT2D eigenvalue weighted by atomic mass is 32.2.